The number of fused-ring (bicyclic) bond motifs is 5. The molecule has 4 rings (SSSR count). The lowest BCUT2D eigenvalue weighted by atomic mass is 9.47. The Kier molecular flexibility index (Phi) is 3.37. The van der Waals surface area contributed by atoms with Crippen molar-refractivity contribution in [1.82, 2.24) is 0 Å². The smallest absolute Gasteiger partial charge is 0.129 e. The topological polar surface area (TPSA) is 20.2 Å². The van der Waals surface area contributed by atoms with Crippen LogP contribution in [0.25, 0.3) is 0 Å². The minimum atomic E-state index is 0.181. The van der Waals surface area contributed by atoms with Gasteiger partial charge < -0.3 is 5.11 Å². The fourth-order valence-electron chi connectivity index (χ4n) is 6.46. The Labute approximate surface area is 144 Å². The van der Waals surface area contributed by atoms with Crippen LogP contribution in [0.3, 0.4) is 0 Å². The van der Waals surface area contributed by atoms with Crippen molar-refractivity contribution in [3.8, 4) is 0 Å². The Morgan fingerprint density at radius 1 is 0.909 bits per heavy atom. The Hall–Kier alpha value is -0.280. The first-order valence-electron chi connectivity index (χ1n) is 8.87. The third-order valence-electron chi connectivity index (χ3n) is 7.80. The first-order valence-corrected chi connectivity index (χ1v) is 9.68. The monoisotopic (exact) mass is 334 g/mol. The van der Waals surface area contributed by atoms with Gasteiger partial charge in [-0.15, -0.1) is 0 Å². The molecule has 0 aromatic heterocycles. The number of hydrogen-bond donors (Lipinski definition) is 1. The normalized spacial score (nSPS) is 48.0. The molecule has 3 fully saturated rings. The molecule has 0 heterocycles. The van der Waals surface area contributed by atoms with Gasteiger partial charge in [-0.2, -0.15) is 0 Å². The van der Waals surface area contributed by atoms with Gasteiger partial charge in [0.15, 0.2) is 0 Å². The van der Waals surface area contributed by atoms with Gasteiger partial charge in [-0.25, -0.2) is 0 Å². The number of rotatable bonds is 0. The van der Waals surface area contributed by atoms with Gasteiger partial charge in [0.05, 0.1) is 4.86 Å². The average Bonchev–Trinajstić information content (AvgIpc) is 2.79. The van der Waals surface area contributed by atoms with Crippen molar-refractivity contribution in [2.75, 3.05) is 0 Å². The van der Waals surface area contributed by atoms with Gasteiger partial charge >= 0.3 is 0 Å². The number of allylic oxidation sites excluding steroid dienone is 2. The molecule has 0 aromatic rings. The van der Waals surface area contributed by atoms with Gasteiger partial charge in [-0.05, 0) is 85.0 Å². The van der Waals surface area contributed by atoms with Gasteiger partial charge in [0.1, 0.15) is 5.76 Å². The van der Waals surface area contributed by atoms with Crippen LogP contribution in [0.15, 0.2) is 11.3 Å². The van der Waals surface area contributed by atoms with E-state index in [0.717, 1.165) is 48.3 Å². The zero-order chi connectivity index (χ0) is 15.7. The minimum Gasteiger partial charge on any atom is -0.507 e. The molecule has 0 saturated heterocycles. The first kappa shape index (κ1) is 15.3. The van der Waals surface area contributed by atoms with E-state index in [0.29, 0.717) is 11.2 Å². The molecule has 0 radical (unpaired) electrons. The quantitative estimate of drug-likeness (QED) is 0.584. The van der Waals surface area contributed by atoms with Crippen LogP contribution in [-0.2, 0) is 0 Å². The fraction of sp³-hybridized carbons (Fsp3) is 0.789. The summed E-state index contributed by atoms with van der Waals surface area (Å²) in [5, 5.41) is 10.5. The number of thiocarbonyl (C=S) groups is 2. The minimum absolute atomic E-state index is 0.181. The maximum absolute atomic E-state index is 10.5. The maximum atomic E-state index is 10.5. The Balaban J connectivity index is 1.73. The lowest BCUT2D eigenvalue weighted by Gasteiger charge is -2.57. The highest BCUT2D eigenvalue weighted by molar-refractivity contribution is 7.81. The molecule has 4 aliphatic carbocycles. The summed E-state index contributed by atoms with van der Waals surface area (Å²) in [4.78, 5) is 2.14. The van der Waals surface area contributed by atoms with Crippen molar-refractivity contribution >= 4 is 34.2 Å². The highest BCUT2D eigenvalue weighted by Crippen LogP contribution is 2.65. The Morgan fingerprint density at radius 3 is 2.41 bits per heavy atom. The van der Waals surface area contributed by atoms with Crippen molar-refractivity contribution in [2.24, 2.45) is 28.6 Å². The molecule has 0 aromatic carbocycles. The summed E-state index contributed by atoms with van der Waals surface area (Å²) in [6, 6.07) is 0. The van der Waals surface area contributed by atoms with E-state index in [1.807, 2.05) is 0 Å². The second-order valence-electron chi connectivity index (χ2n) is 8.50. The second-order valence-corrected chi connectivity index (χ2v) is 9.49. The van der Waals surface area contributed by atoms with E-state index in [-0.39, 0.29) is 5.41 Å². The Morgan fingerprint density at radius 2 is 1.64 bits per heavy atom. The van der Waals surface area contributed by atoms with Gasteiger partial charge in [0.25, 0.3) is 0 Å². The van der Waals surface area contributed by atoms with E-state index in [1.165, 1.54) is 36.1 Å². The van der Waals surface area contributed by atoms with E-state index in [4.69, 9.17) is 24.4 Å². The molecule has 4 aliphatic rings. The molecule has 22 heavy (non-hydrogen) atoms. The number of hydrogen-bond acceptors (Lipinski definition) is 3. The van der Waals surface area contributed by atoms with Crippen LogP contribution < -0.4 is 0 Å². The van der Waals surface area contributed by atoms with Crippen molar-refractivity contribution in [3.05, 3.63) is 11.3 Å². The molecule has 0 bridgehead atoms. The van der Waals surface area contributed by atoms with Crippen molar-refractivity contribution in [2.45, 2.75) is 65.2 Å². The highest BCUT2D eigenvalue weighted by Gasteiger charge is 2.58. The number of aliphatic hydroxyl groups is 1. The summed E-state index contributed by atoms with van der Waals surface area (Å²) in [7, 11) is 0. The van der Waals surface area contributed by atoms with Crippen molar-refractivity contribution in [3.63, 3.8) is 0 Å². The maximum Gasteiger partial charge on any atom is 0.129 e. The van der Waals surface area contributed by atoms with Crippen LogP contribution in [0.1, 0.15) is 65.2 Å². The molecule has 3 saturated carbocycles. The molecular formula is C19H26OS2. The van der Waals surface area contributed by atoms with Gasteiger partial charge in [0, 0.05) is 5.41 Å². The molecule has 0 spiro atoms. The van der Waals surface area contributed by atoms with Crippen molar-refractivity contribution < 1.29 is 5.11 Å². The third-order valence-corrected chi connectivity index (χ3v) is 8.87. The van der Waals surface area contributed by atoms with Crippen LogP contribution >= 0.6 is 24.4 Å². The van der Waals surface area contributed by atoms with E-state index in [2.05, 4.69) is 13.8 Å². The summed E-state index contributed by atoms with van der Waals surface area (Å²) in [6.07, 6.45) is 9.30. The summed E-state index contributed by atoms with van der Waals surface area (Å²) in [5.41, 5.74) is 1.79. The lowest BCUT2D eigenvalue weighted by molar-refractivity contribution is -0.0174. The molecule has 1 nitrogen and oxygen atoms in total. The standard InChI is InChI=1S/C19H26OS2/c1-18-10-8-15(21)17(20)14(18)4-3-11-12-5-6-16(22)19(12,2)9-7-13(11)18/h11-13,20H,3-10H2,1-2H3. The molecule has 120 valence electrons. The van der Waals surface area contributed by atoms with E-state index < -0.39 is 0 Å². The average molecular weight is 335 g/mol. The molecule has 5 atom stereocenters. The molecule has 5 unspecified atom stereocenters. The van der Waals surface area contributed by atoms with Crippen LogP contribution in [0.2, 0.25) is 0 Å². The van der Waals surface area contributed by atoms with Crippen molar-refractivity contribution in [1.29, 1.82) is 0 Å². The van der Waals surface area contributed by atoms with Crippen LogP contribution in [0, 0.1) is 28.6 Å². The molecule has 1 N–H and O–H groups in total. The van der Waals surface area contributed by atoms with Gasteiger partial charge in [0.2, 0.25) is 0 Å². The highest BCUT2D eigenvalue weighted by atomic mass is 32.1. The molecule has 3 heteroatoms. The van der Waals surface area contributed by atoms with Crippen LogP contribution in [0.4, 0.5) is 0 Å². The Bertz CT molecular complexity index is 592. The largest absolute Gasteiger partial charge is 0.507 e. The van der Waals surface area contributed by atoms with Gasteiger partial charge in [-0.3, -0.25) is 0 Å². The zero-order valence-corrected chi connectivity index (χ0v) is 15.3. The molecular weight excluding hydrogens is 308 g/mol. The van der Waals surface area contributed by atoms with E-state index in [9.17, 15) is 5.11 Å². The summed E-state index contributed by atoms with van der Waals surface area (Å²) >= 11 is 11.1. The predicted molar refractivity (Wildman–Crippen MR) is 98.5 cm³/mol. The number of aliphatic hydroxyl groups excluding tert-OH is 1. The third kappa shape index (κ3) is 1.81. The summed E-state index contributed by atoms with van der Waals surface area (Å²) in [5.74, 6) is 2.79. The zero-order valence-electron chi connectivity index (χ0n) is 13.7. The first-order chi connectivity index (χ1) is 10.4. The predicted octanol–water partition coefficient (Wildman–Crippen LogP) is 5.57. The lowest BCUT2D eigenvalue weighted by Crippen LogP contribution is -2.50. The molecule has 0 aliphatic heterocycles. The summed E-state index contributed by atoms with van der Waals surface area (Å²) < 4.78 is 0. The van der Waals surface area contributed by atoms with E-state index >= 15 is 0 Å². The second kappa shape index (κ2) is 4.86. The van der Waals surface area contributed by atoms with E-state index in [1.54, 1.807) is 0 Å². The van der Waals surface area contributed by atoms with Gasteiger partial charge in [-0.1, -0.05) is 38.3 Å². The summed E-state index contributed by atoms with van der Waals surface area (Å²) in [6.45, 7) is 4.84. The van der Waals surface area contributed by atoms with Crippen LogP contribution in [0.5, 0.6) is 0 Å². The fourth-order valence-corrected chi connectivity index (χ4v) is 7.05. The SMILES string of the molecule is CC12CCC3C(CCC4=C(O)C(=S)CCC43C)C1CCC2=S. The van der Waals surface area contributed by atoms with Crippen LogP contribution in [-0.4, -0.2) is 14.8 Å². The molecule has 0 amide bonds.